The molecule has 0 radical (unpaired) electrons. The highest BCUT2D eigenvalue weighted by molar-refractivity contribution is 7.89. The number of halogens is 1. The van der Waals surface area contributed by atoms with Gasteiger partial charge in [0.05, 0.1) is 28.7 Å². The van der Waals surface area contributed by atoms with Crippen LogP contribution in [-0.4, -0.2) is 52.2 Å². The minimum absolute atomic E-state index is 0.0605. The van der Waals surface area contributed by atoms with Crippen molar-refractivity contribution in [2.75, 3.05) is 32.8 Å². The third-order valence-corrected chi connectivity index (χ3v) is 5.26. The second-order valence-electron chi connectivity index (χ2n) is 5.19. The van der Waals surface area contributed by atoms with E-state index in [1.807, 2.05) is 13.0 Å². The lowest BCUT2D eigenvalue weighted by Gasteiger charge is -2.29. The average Bonchev–Trinajstić information content (AvgIpc) is 2.47. The molecule has 1 atom stereocenters. The normalized spacial score (nSPS) is 17.9. The number of ether oxygens (including phenoxy) is 1. The molecule has 22 heavy (non-hydrogen) atoms. The molecule has 0 bridgehead atoms. The molecule has 1 fully saturated rings. The van der Waals surface area contributed by atoms with Crippen molar-refractivity contribution < 1.29 is 13.2 Å². The molecule has 1 saturated heterocycles. The molecule has 0 aliphatic carbocycles. The van der Waals surface area contributed by atoms with Crippen LogP contribution in [0.1, 0.15) is 12.5 Å². The smallest absolute Gasteiger partial charge is 0.240 e. The standard InChI is InChI=1S/C14H18ClN3O3S/c1-11(10-18-4-6-21-7-5-18)17-22(19,20)13-3-2-12(9-16)14(15)8-13/h2-3,8,11,17H,4-7,10H2,1H3. The van der Waals surface area contributed by atoms with Crippen molar-refractivity contribution in [3.05, 3.63) is 28.8 Å². The summed E-state index contributed by atoms with van der Waals surface area (Å²) in [5.74, 6) is 0. The second-order valence-corrected chi connectivity index (χ2v) is 7.31. The molecule has 0 amide bonds. The molecule has 0 saturated carbocycles. The maximum Gasteiger partial charge on any atom is 0.240 e. The van der Waals surface area contributed by atoms with Crippen molar-refractivity contribution in [3.63, 3.8) is 0 Å². The first-order chi connectivity index (χ1) is 10.4. The fraction of sp³-hybridized carbons (Fsp3) is 0.500. The summed E-state index contributed by atoms with van der Waals surface area (Å²) in [5, 5.41) is 8.96. The Kier molecular flexibility index (Phi) is 5.78. The van der Waals surface area contributed by atoms with Gasteiger partial charge in [0.15, 0.2) is 0 Å². The zero-order valence-electron chi connectivity index (χ0n) is 12.3. The van der Waals surface area contributed by atoms with Crippen LogP contribution in [0.3, 0.4) is 0 Å². The predicted octanol–water partition coefficient (Wildman–Crippen LogP) is 1.21. The maximum absolute atomic E-state index is 12.3. The van der Waals surface area contributed by atoms with Crippen LogP contribution in [0.25, 0.3) is 0 Å². The van der Waals surface area contributed by atoms with Gasteiger partial charge in [0.2, 0.25) is 10.0 Å². The van der Waals surface area contributed by atoms with E-state index in [4.69, 9.17) is 21.6 Å². The lowest BCUT2D eigenvalue weighted by molar-refractivity contribution is 0.0354. The predicted molar refractivity (Wildman–Crippen MR) is 83.2 cm³/mol. The monoisotopic (exact) mass is 343 g/mol. The van der Waals surface area contributed by atoms with Crippen molar-refractivity contribution in [1.82, 2.24) is 9.62 Å². The summed E-state index contributed by atoms with van der Waals surface area (Å²) in [4.78, 5) is 2.22. The molecular weight excluding hydrogens is 326 g/mol. The van der Waals surface area contributed by atoms with Crippen molar-refractivity contribution in [2.45, 2.75) is 17.9 Å². The van der Waals surface area contributed by atoms with Gasteiger partial charge in [0.1, 0.15) is 6.07 Å². The summed E-state index contributed by atoms with van der Waals surface area (Å²) < 4.78 is 32.6. The summed E-state index contributed by atoms with van der Waals surface area (Å²) in [7, 11) is -3.66. The topological polar surface area (TPSA) is 82.4 Å². The highest BCUT2D eigenvalue weighted by Gasteiger charge is 2.21. The Labute approximate surface area is 135 Å². The van der Waals surface area contributed by atoms with E-state index < -0.39 is 10.0 Å². The van der Waals surface area contributed by atoms with Crippen molar-refractivity contribution in [3.8, 4) is 6.07 Å². The maximum atomic E-state index is 12.3. The highest BCUT2D eigenvalue weighted by atomic mass is 35.5. The van der Waals surface area contributed by atoms with Gasteiger partial charge in [-0.1, -0.05) is 11.6 Å². The Bertz CT molecular complexity index is 666. The summed E-state index contributed by atoms with van der Waals surface area (Å²) in [6.07, 6.45) is 0. The van der Waals surface area contributed by atoms with Crippen LogP contribution in [0.5, 0.6) is 0 Å². The molecule has 1 aliphatic rings. The van der Waals surface area contributed by atoms with E-state index in [-0.39, 0.29) is 21.5 Å². The first-order valence-corrected chi connectivity index (χ1v) is 8.80. The van der Waals surface area contributed by atoms with Gasteiger partial charge in [0.25, 0.3) is 0 Å². The summed E-state index contributed by atoms with van der Waals surface area (Å²) in [6, 6.07) is 5.75. The van der Waals surface area contributed by atoms with E-state index in [1.165, 1.54) is 18.2 Å². The van der Waals surface area contributed by atoms with Gasteiger partial charge in [-0.2, -0.15) is 5.26 Å². The summed E-state index contributed by atoms with van der Waals surface area (Å²) >= 11 is 5.89. The van der Waals surface area contributed by atoms with Crippen molar-refractivity contribution >= 4 is 21.6 Å². The van der Waals surface area contributed by atoms with Crippen LogP contribution >= 0.6 is 11.6 Å². The molecule has 1 aliphatic heterocycles. The lowest BCUT2D eigenvalue weighted by atomic mass is 10.2. The van der Waals surface area contributed by atoms with Crippen LogP contribution in [0, 0.1) is 11.3 Å². The van der Waals surface area contributed by atoms with Gasteiger partial charge in [-0.05, 0) is 25.1 Å². The van der Waals surface area contributed by atoms with Crippen LogP contribution < -0.4 is 4.72 Å². The fourth-order valence-electron chi connectivity index (χ4n) is 2.29. The molecule has 1 aromatic rings. The number of morpholine rings is 1. The van der Waals surface area contributed by atoms with Gasteiger partial charge in [-0.15, -0.1) is 0 Å². The van der Waals surface area contributed by atoms with Crippen molar-refractivity contribution in [1.29, 1.82) is 5.26 Å². The molecule has 120 valence electrons. The molecule has 2 rings (SSSR count). The van der Waals surface area contributed by atoms with Crippen LogP contribution in [0.15, 0.2) is 23.1 Å². The van der Waals surface area contributed by atoms with Crippen LogP contribution in [0.2, 0.25) is 5.02 Å². The molecule has 1 unspecified atom stereocenters. The van der Waals surface area contributed by atoms with E-state index >= 15 is 0 Å². The van der Waals surface area contributed by atoms with Gasteiger partial charge >= 0.3 is 0 Å². The molecule has 0 aromatic heterocycles. The minimum atomic E-state index is -3.66. The minimum Gasteiger partial charge on any atom is -0.379 e. The van der Waals surface area contributed by atoms with Gasteiger partial charge < -0.3 is 4.74 Å². The Morgan fingerprint density at radius 2 is 2.14 bits per heavy atom. The number of nitrogens with zero attached hydrogens (tertiary/aromatic N) is 2. The number of hydrogen-bond acceptors (Lipinski definition) is 5. The van der Waals surface area contributed by atoms with Gasteiger partial charge in [0, 0.05) is 25.7 Å². The Hall–Kier alpha value is -1.17. The van der Waals surface area contributed by atoms with E-state index in [0.29, 0.717) is 19.8 Å². The van der Waals surface area contributed by atoms with Crippen LogP contribution in [0.4, 0.5) is 0 Å². The number of hydrogen-bond donors (Lipinski definition) is 1. The lowest BCUT2D eigenvalue weighted by Crippen LogP contribution is -2.45. The van der Waals surface area contributed by atoms with Crippen molar-refractivity contribution in [2.24, 2.45) is 0 Å². The number of rotatable bonds is 5. The van der Waals surface area contributed by atoms with E-state index in [0.717, 1.165) is 13.1 Å². The van der Waals surface area contributed by atoms with Gasteiger partial charge in [-0.25, -0.2) is 13.1 Å². The van der Waals surface area contributed by atoms with E-state index in [1.54, 1.807) is 0 Å². The van der Waals surface area contributed by atoms with E-state index in [2.05, 4.69) is 9.62 Å². The first kappa shape index (κ1) is 17.2. The Morgan fingerprint density at radius 1 is 1.45 bits per heavy atom. The molecule has 6 nitrogen and oxygen atoms in total. The fourth-order valence-corrected chi connectivity index (χ4v) is 3.84. The number of nitrogens with one attached hydrogen (secondary N) is 1. The average molecular weight is 344 g/mol. The zero-order chi connectivity index (χ0) is 16.2. The molecule has 1 heterocycles. The second kappa shape index (κ2) is 7.40. The molecular formula is C14H18ClN3O3S. The molecule has 0 spiro atoms. The first-order valence-electron chi connectivity index (χ1n) is 6.94. The largest absolute Gasteiger partial charge is 0.379 e. The van der Waals surface area contributed by atoms with Crippen LogP contribution in [-0.2, 0) is 14.8 Å². The number of benzene rings is 1. The summed E-state index contributed by atoms with van der Waals surface area (Å²) in [5.41, 5.74) is 0.252. The molecule has 1 N–H and O–H groups in total. The van der Waals surface area contributed by atoms with Gasteiger partial charge in [-0.3, -0.25) is 4.90 Å². The third kappa shape index (κ3) is 4.41. The number of sulfonamides is 1. The summed E-state index contributed by atoms with van der Waals surface area (Å²) in [6.45, 7) is 5.38. The third-order valence-electron chi connectivity index (χ3n) is 3.36. The SMILES string of the molecule is CC(CN1CCOCC1)NS(=O)(=O)c1ccc(C#N)c(Cl)c1. The Balaban J connectivity index is 2.03. The highest BCUT2D eigenvalue weighted by Crippen LogP contribution is 2.20. The Morgan fingerprint density at radius 3 is 2.73 bits per heavy atom. The quantitative estimate of drug-likeness (QED) is 0.869. The molecule has 1 aromatic carbocycles. The zero-order valence-corrected chi connectivity index (χ0v) is 13.8. The molecule has 8 heteroatoms. The van der Waals surface area contributed by atoms with E-state index in [9.17, 15) is 8.42 Å². The number of nitriles is 1.